The Kier molecular flexibility index (Phi) is 5.69. The highest BCUT2D eigenvalue weighted by molar-refractivity contribution is 5.97. The molecule has 0 fully saturated rings. The molecule has 33 heavy (non-hydrogen) atoms. The molecule has 0 bridgehead atoms. The molecule has 5 nitrogen and oxygen atoms in total. The predicted molar refractivity (Wildman–Crippen MR) is 130 cm³/mol. The number of methoxy groups -OCH3 is 1. The van der Waals surface area contributed by atoms with E-state index in [1.807, 2.05) is 58.0 Å². The van der Waals surface area contributed by atoms with Crippen LogP contribution in [0.5, 0.6) is 5.75 Å². The molecule has 5 rings (SSSR count). The first-order valence-corrected chi connectivity index (χ1v) is 11.3. The van der Waals surface area contributed by atoms with Gasteiger partial charge in [0.05, 0.1) is 12.6 Å². The van der Waals surface area contributed by atoms with Gasteiger partial charge in [-0.3, -0.25) is 9.59 Å². The van der Waals surface area contributed by atoms with Gasteiger partial charge < -0.3 is 14.2 Å². The Balaban J connectivity index is 1.49. The first kappa shape index (κ1) is 21.0. The Morgan fingerprint density at radius 2 is 1.64 bits per heavy atom. The number of hydrogen-bond acceptors (Lipinski definition) is 3. The van der Waals surface area contributed by atoms with E-state index in [4.69, 9.17) is 4.74 Å². The van der Waals surface area contributed by atoms with Gasteiger partial charge in [0.15, 0.2) is 0 Å². The van der Waals surface area contributed by atoms with Crippen LogP contribution in [0.3, 0.4) is 0 Å². The molecule has 3 aromatic carbocycles. The standard InChI is InChI=1S/C28H26N2O3/c1-33-23-12-11-21-13-15-29(16-14-22(21)17-23)28(32)25-19-30(18-20-7-3-2-4-8-20)26-10-6-5-9-24(26)27(25)31/h2-12,17,19H,13-16,18H2,1H3. The van der Waals surface area contributed by atoms with Gasteiger partial charge in [0, 0.05) is 31.2 Å². The zero-order chi connectivity index (χ0) is 22.8. The van der Waals surface area contributed by atoms with Gasteiger partial charge in [0.25, 0.3) is 5.91 Å². The van der Waals surface area contributed by atoms with Gasteiger partial charge >= 0.3 is 0 Å². The second kappa shape index (κ2) is 8.94. The van der Waals surface area contributed by atoms with E-state index in [0.29, 0.717) is 25.0 Å². The van der Waals surface area contributed by atoms with Crippen LogP contribution in [0.2, 0.25) is 0 Å². The van der Waals surface area contributed by atoms with Crippen LogP contribution in [-0.4, -0.2) is 35.6 Å². The maximum atomic E-state index is 13.6. The Bertz CT molecular complexity index is 1380. The van der Waals surface area contributed by atoms with E-state index in [-0.39, 0.29) is 16.9 Å². The highest BCUT2D eigenvalue weighted by Gasteiger charge is 2.23. The fourth-order valence-corrected chi connectivity index (χ4v) is 4.61. The first-order chi connectivity index (χ1) is 16.1. The minimum atomic E-state index is -0.205. The third kappa shape index (κ3) is 4.14. The van der Waals surface area contributed by atoms with Gasteiger partial charge in [-0.1, -0.05) is 48.5 Å². The molecule has 0 spiro atoms. The number of rotatable bonds is 4. The highest BCUT2D eigenvalue weighted by Crippen LogP contribution is 2.23. The third-order valence-electron chi connectivity index (χ3n) is 6.42. The molecule has 0 aliphatic carbocycles. The van der Waals surface area contributed by atoms with Crippen molar-refractivity contribution in [2.24, 2.45) is 0 Å². The van der Waals surface area contributed by atoms with Crippen LogP contribution in [-0.2, 0) is 19.4 Å². The summed E-state index contributed by atoms with van der Waals surface area (Å²) >= 11 is 0. The van der Waals surface area contributed by atoms with Gasteiger partial charge in [-0.25, -0.2) is 0 Å². The predicted octanol–water partition coefficient (Wildman–Crippen LogP) is 4.30. The van der Waals surface area contributed by atoms with E-state index in [1.54, 1.807) is 19.4 Å². The van der Waals surface area contributed by atoms with Crippen molar-refractivity contribution in [3.8, 4) is 5.75 Å². The van der Waals surface area contributed by atoms with E-state index in [0.717, 1.165) is 29.7 Å². The number of hydrogen-bond donors (Lipinski definition) is 0. The molecular formula is C28H26N2O3. The van der Waals surface area contributed by atoms with Gasteiger partial charge in [-0.15, -0.1) is 0 Å². The van der Waals surface area contributed by atoms with Crippen molar-refractivity contribution < 1.29 is 9.53 Å². The molecule has 2 heterocycles. The first-order valence-electron chi connectivity index (χ1n) is 11.3. The summed E-state index contributed by atoms with van der Waals surface area (Å²) in [7, 11) is 1.66. The van der Waals surface area contributed by atoms with Crippen LogP contribution >= 0.6 is 0 Å². The molecule has 0 radical (unpaired) electrons. The minimum absolute atomic E-state index is 0.202. The second-order valence-electron chi connectivity index (χ2n) is 8.43. The molecule has 0 saturated heterocycles. The SMILES string of the molecule is COc1ccc2c(c1)CCN(C(=O)c1cn(Cc3ccccc3)c3ccccc3c1=O)CC2. The van der Waals surface area contributed by atoms with E-state index in [1.165, 1.54) is 11.1 Å². The number of carbonyl (C=O) groups is 1. The van der Waals surface area contributed by atoms with Crippen molar-refractivity contribution in [2.45, 2.75) is 19.4 Å². The lowest BCUT2D eigenvalue weighted by molar-refractivity contribution is 0.0761. The number of aromatic nitrogens is 1. The number of pyridine rings is 1. The highest BCUT2D eigenvalue weighted by atomic mass is 16.5. The van der Waals surface area contributed by atoms with Crippen LogP contribution in [0.15, 0.2) is 83.8 Å². The number of fused-ring (bicyclic) bond motifs is 2. The van der Waals surface area contributed by atoms with Crippen LogP contribution in [0.25, 0.3) is 10.9 Å². The van der Waals surface area contributed by atoms with E-state index in [2.05, 4.69) is 18.2 Å². The number of carbonyl (C=O) groups excluding carboxylic acids is 1. The molecular weight excluding hydrogens is 412 g/mol. The topological polar surface area (TPSA) is 51.5 Å². The molecule has 0 unspecified atom stereocenters. The summed E-state index contributed by atoms with van der Waals surface area (Å²) in [4.78, 5) is 28.7. The monoisotopic (exact) mass is 438 g/mol. The number of nitrogens with zero attached hydrogens (tertiary/aromatic N) is 2. The zero-order valence-electron chi connectivity index (χ0n) is 18.7. The molecule has 0 saturated carbocycles. The van der Waals surface area contributed by atoms with Crippen LogP contribution in [0.4, 0.5) is 0 Å². The third-order valence-corrected chi connectivity index (χ3v) is 6.42. The Hall–Kier alpha value is -3.86. The Labute approximate surface area is 192 Å². The van der Waals surface area contributed by atoms with Crippen molar-refractivity contribution in [3.05, 3.63) is 111 Å². The average molecular weight is 439 g/mol. The molecule has 0 atom stereocenters. The van der Waals surface area contributed by atoms with Gasteiger partial charge in [-0.05, 0) is 53.8 Å². The summed E-state index contributed by atoms with van der Waals surface area (Å²) in [6, 6.07) is 23.7. The zero-order valence-corrected chi connectivity index (χ0v) is 18.7. The van der Waals surface area contributed by atoms with Crippen molar-refractivity contribution in [3.63, 3.8) is 0 Å². The molecule has 1 aromatic heterocycles. The molecule has 4 aromatic rings. The van der Waals surface area contributed by atoms with Gasteiger partial charge in [0.1, 0.15) is 11.3 Å². The normalized spacial score (nSPS) is 13.4. The molecule has 1 aliphatic rings. The molecule has 166 valence electrons. The van der Waals surface area contributed by atoms with Crippen LogP contribution in [0, 0.1) is 0 Å². The number of ether oxygens (including phenoxy) is 1. The molecule has 5 heteroatoms. The van der Waals surface area contributed by atoms with E-state index < -0.39 is 0 Å². The van der Waals surface area contributed by atoms with E-state index >= 15 is 0 Å². The summed E-state index contributed by atoms with van der Waals surface area (Å²) in [5.74, 6) is 0.624. The summed E-state index contributed by atoms with van der Waals surface area (Å²) in [5.41, 5.74) is 4.40. The summed E-state index contributed by atoms with van der Waals surface area (Å²) in [6.45, 7) is 1.75. The Morgan fingerprint density at radius 1 is 0.909 bits per heavy atom. The van der Waals surface area contributed by atoms with Crippen LogP contribution < -0.4 is 10.2 Å². The lowest BCUT2D eigenvalue weighted by Gasteiger charge is -2.21. The largest absolute Gasteiger partial charge is 0.497 e. The maximum absolute atomic E-state index is 13.6. The van der Waals surface area contributed by atoms with Crippen molar-refractivity contribution in [1.29, 1.82) is 0 Å². The second-order valence-corrected chi connectivity index (χ2v) is 8.43. The summed E-state index contributed by atoms with van der Waals surface area (Å²) in [6.07, 6.45) is 3.24. The minimum Gasteiger partial charge on any atom is -0.497 e. The van der Waals surface area contributed by atoms with Gasteiger partial charge in [-0.2, -0.15) is 0 Å². The van der Waals surface area contributed by atoms with Crippen molar-refractivity contribution >= 4 is 16.8 Å². The van der Waals surface area contributed by atoms with Crippen LogP contribution in [0.1, 0.15) is 27.0 Å². The average Bonchev–Trinajstić information content (AvgIpc) is 3.08. The fraction of sp³-hybridized carbons (Fsp3) is 0.214. The quantitative estimate of drug-likeness (QED) is 0.477. The smallest absolute Gasteiger partial charge is 0.259 e. The molecule has 1 aliphatic heterocycles. The lowest BCUT2D eigenvalue weighted by Crippen LogP contribution is -2.36. The Morgan fingerprint density at radius 3 is 2.42 bits per heavy atom. The lowest BCUT2D eigenvalue weighted by atomic mass is 10.0. The maximum Gasteiger partial charge on any atom is 0.259 e. The number of benzene rings is 3. The summed E-state index contributed by atoms with van der Waals surface area (Å²) in [5, 5.41) is 0.571. The molecule has 0 N–H and O–H groups in total. The summed E-state index contributed by atoms with van der Waals surface area (Å²) < 4.78 is 7.37. The fourth-order valence-electron chi connectivity index (χ4n) is 4.61. The van der Waals surface area contributed by atoms with Crippen molar-refractivity contribution in [1.82, 2.24) is 9.47 Å². The van der Waals surface area contributed by atoms with Crippen molar-refractivity contribution in [2.75, 3.05) is 20.2 Å². The number of para-hydroxylation sites is 1. The number of amides is 1. The molecule has 1 amide bonds. The van der Waals surface area contributed by atoms with Gasteiger partial charge in [0.2, 0.25) is 5.43 Å². The van der Waals surface area contributed by atoms with E-state index in [9.17, 15) is 9.59 Å².